The minimum atomic E-state index is 0.114. The van der Waals surface area contributed by atoms with Crippen molar-refractivity contribution in [3.8, 4) is 5.75 Å². The van der Waals surface area contributed by atoms with Crippen LogP contribution >= 0.6 is 22.9 Å². The zero-order valence-electron chi connectivity index (χ0n) is 15.4. The maximum absolute atomic E-state index is 12.7. The molecule has 25 heavy (non-hydrogen) atoms. The molecule has 0 atom stereocenters. The number of hydrogen-bond acceptors (Lipinski definition) is 4. The summed E-state index contributed by atoms with van der Waals surface area (Å²) >= 11 is 7.78. The number of anilines is 1. The van der Waals surface area contributed by atoms with Crippen molar-refractivity contribution in [2.75, 3.05) is 38.2 Å². The Morgan fingerprint density at radius 2 is 2.04 bits per heavy atom. The number of nitrogens with one attached hydrogen (secondary N) is 1. The molecule has 0 aliphatic rings. The minimum Gasteiger partial charge on any atom is -0.494 e. The topological polar surface area (TPSA) is 46.9 Å². The molecular formula is C18H27ClN3O2S+. The number of quaternary nitrogens is 1. The van der Waals surface area contributed by atoms with Gasteiger partial charge in [-0.15, -0.1) is 0 Å². The Hall–Kier alpha value is -1.37. The van der Waals surface area contributed by atoms with E-state index in [0.29, 0.717) is 28.9 Å². The maximum Gasteiger partial charge on any atom is 0.228 e. The van der Waals surface area contributed by atoms with Gasteiger partial charge in [-0.05, 0) is 32.4 Å². The van der Waals surface area contributed by atoms with Crippen molar-refractivity contribution in [1.29, 1.82) is 0 Å². The van der Waals surface area contributed by atoms with E-state index < -0.39 is 0 Å². The molecule has 0 saturated heterocycles. The standard InChI is InChI=1S/C18H26ClN3O2S/c1-5-8-15(23)22(12-11-21(6-2)7-3)18-20-16-14(24-4)10-9-13(19)17(16)25-18/h9-10H,5-8,11-12H2,1-4H3/p+1. The van der Waals surface area contributed by atoms with Gasteiger partial charge in [-0.3, -0.25) is 9.69 Å². The lowest BCUT2D eigenvalue weighted by molar-refractivity contribution is -0.894. The summed E-state index contributed by atoms with van der Waals surface area (Å²) in [5, 5.41) is 1.34. The maximum atomic E-state index is 12.7. The van der Waals surface area contributed by atoms with E-state index in [9.17, 15) is 4.79 Å². The fourth-order valence-electron chi connectivity index (χ4n) is 2.77. The molecule has 0 saturated carbocycles. The molecule has 1 aromatic heterocycles. The van der Waals surface area contributed by atoms with Crippen LogP contribution in [-0.2, 0) is 4.79 Å². The van der Waals surface area contributed by atoms with Gasteiger partial charge in [-0.25, -0.2) is 4.98 Å². The van der Waals surface area contributed by atoms with E-state index in [1.54, 1.807) is 7.11 Å². The van der Waals surface area contributed by atoms with Gasteiger partial charge in [0.05, 0.1) is 43.0 Å². The SMILES string of the molecule is CCCC(=O)N(CC[NH+](CC)CC)c1nc2c(OC)ccc(Cl)c2s1. The summed E-state index contributed by atoms with van der Waals surface area (Å²) in [6, 6.07) is 3.62. The second-order valence-corrected chi connectivity index (χ2v) is 7.31. The molecule has 7 heteroatoms. The number of nitrogens with zero attached hydrogens (tertiary/aromatic N) is 2. The molecule has 0 bridgehead atoms. The molecule has 5 nitrogen and oxygen atoms in total. The molecule has 0 radical (unpaired) electrons. The molecule has 0 unspecified atom stereocenters. The van der Waals surface area contributed by atoms with E-state index in [4.69, 9.17) is 16.3 Å². The van der Waals surface area contributed by atoms with Gasteiger partial charge in [0, 0.05) is 6.42 Å². The van der Waals surface area contributed by atoms with Gasteiger partial charge in [-0.1, -0.05) is 29.9 Å². The smallest absolute Gasteiger partial charge is 0.228 e. The number of benzene rings is 1. The van der Waals surface area contributed by atoms with Gasteiger partial charge in [0.1, 0.15) is 11.3 Å². The predicted molar refractivity (Wildman–Crippen MR) is 105 cm³/mol. The molecule has 2 aromatic rings. The number of halogens is 1. The third kappa shape index (κ3) is 4.63. The molecule has 2 rings (SSSR count). The number of fused-ring (bicyclic) bond motifs is 1. The van der Waals surface area contributed by atoms with E-state index in [0.717, 1.165) is 36.3 Å². The molecule has 138 valence electrons. The molecule has 1 heterocycles. The molecular weight excluding hydrogens is 358 g/mol. The Balaban J connectivity index is 2.37. The Morgan fingerprint density at radius 3 is 2.64 bits per heavy atom. The molecule has 1 N–H and O–H groups in total. The van der Waals surface area contributed by atoms with Crippen LogP contribution in [0.3, 0.4) is 0 Å². The Morgan fingerprint density at radius 1 is 1.32 bits per heavy atom. The number of aromatic nitrogens is 1. The van der Waals surface area contributed by atoms with Crippen LogP contribution in [0.5, 0.6) is 5.75 Å². The average Bonchev–Trinajstić information content (AvgIpc) is 3.05. The second kappa shape index (κ2) is 9.36. The number of ether oxygens (including phenoxy) is 1. The molecule has 1 aromatic carbocycles. The number of amides is 1. The van der Waals surface area contributed by atoms with Crippen molar-refractivity contribution in [1.82, 2.24) is 4.98 Å². The molecule has 0 aliphatic carbocycles. The summed E-state index contributed by atoms with van der Waals surface area (Å²) in [4.78, 5) is 20.6. The molecule has 1 amide bonds. The van der Waals surface area contributed by atoms with Crippen molar-refractivity contribution in [2.24, 2.45) is 0 Å². The fraction of sp³-hybridized carbons (Fsp3) is 0.556. The van der Waals surface area contributed by atoms with Crippen LogP contribution in [0.4, 0.5) is 5.13 Å². The zero-order chi connectivity index (χ0) is 18.4. The van der Waals surface area contributed by atoms with Crippen molar-refractivity contribution < 1.29 is 14.4 Å². The summed E-state index contributed by atoms with van der Waals surface area (Å²) < 4.78 is 6.26. The third-order valence-corrected chi connectivity index (χ3v) is 5.89. The first-order chi connectivity index (χ1) is 12.0. The zero-order valence-corrected chi connectivity index (χ0v) is 17.0. The summed E-state index contributed by atoms with van der Waals surface area (Å²) in [6.45, 7) is 10.0. The van der Waals surface area contributed by atoms with Gasteiger partial charge in [0.2, 0.25) is 5.91 Å². The van der Waals surface area contributed by atoms with Crippen LogP contribution in [-0.4, -0.2) is 44.2 Å². The van der Waals surface area contributed by atoms with E-state index in [-0.39, 0.29) is 5.91 Å². The average molecular weight is 385 g/mol. The molecule has 0 aliphatic heterocycles. The van der Waals surface area contributed by atoms with Crippen molar-refractivity contribution in [3.63, 3.8) is 0 Å². The van der Waals surface area contributed by atoms with E-state index in [2.05, 4.69) is 18.8 Å². The highest BCUT2D eigenvalue weighted by Crippen LogP contribution is 2.38. The summed E-state index contributed by atoms with van der Waals surface area (Å²) in [7, 11) is 1.62. The van der Waals surface area contributed by atoms with E-state index in [1.807, 2.05) is 24.0 Å². The lowest BCUT2D eigenvalue weighted by Crippen LogP contribution is -3.12. The van der Waals surface area contributed by atoms with Gasteiger partial charge < -0.3 is 9.64 Å². The van der Waals surface area contributed by atoms with Crippen LogP contribution in [0.2, 0.25) is 5.02 Å². The van der Waals surface area contributed by atoms with Gasteiger partial charge >= 0.3 is 0 Å². The van der Waals surface area contributed by atoms with E-state index >= 15 is 0 Å². The number of hydrogen-bond donors (Lipinski definition) is 1. The Kier molecular flexibility index (Phi) is 7.47. The largest absolute Gasteiger partial charge is 0.494 e. The van der Waals surface area contributed by atoms with Crippen LogP contribution in [0, 0.1) is 0 Å². The normalized spacial score (nSPS) is 11.3. The van der Waals surface area contributed by atoms with Crippen molar-refractivity contribution in [2.45, 2.75) is 33.6 Å². The van der Waals surface area contributed by atoms with Crippen LogP contribution in [0.25, 0.3) is 10.2 Å². The quantitative estimate of drug-likeness (QED) is 0.722. The summed E-state index contributed by atoms with van der Waals surface area (Å²) in [6.07, 6.45) is 1.34. The number of methoxy groups -OCH3 is 1. The highest BCUT2D eigenvalue weighted by Gasteiger charge is 2.22. The van der Waals surface area contributed by atoms with Gasteiger partial charge in [0.15, 0.2) is 5.13 Å². The minimum absolute atomic E-state index is 0.114. The number of rotatable bonds is 9. The highest BCUT2D eigenvalue weighted by molar-refractivity contribution is 7.23. The monoisotopic (exact) mass is 384 g/mol. The Labute approximate surface area is 158 Å². The van der Waals surface area contributed by atoms with Crippen molar-refractivity contribution >= 4 is 44.2 Å². The first-order valence-corrected chi connectivity index (χ1v) is 10.0. The number of likely N-dealkylation sites (N-methyl/N-ethyl adjacent to an activating group) is 1. The first kappa shape index (κ1) is 19.9. The molecule has 0 spiro atoms. The van der Waals surface area contributed by atoms with Crippen molar-refractivity contribution in [3.05, 3.63) is 17.2 Å². The molecule has 0 fully saturated rings. The Bertz CT molecular complexity index is 716. The van der Waals surface area contributed by atoms with E-state index in [1.165, 1.54) is 16.2 Å². The van der Waals surface area contributed by atoms with Crippen LogP contribution < -0.4 is 14.5 Å². The van der Waals surface area contributed by atoms with Gasteiger partial charge in [0.25, 0.3) is 0 Å². The van der Waals surface area contributed by atoms with Crippen LogP contribution in [0.15, 0.2) is 12.1 Å². The predicted octanol–water partition coefficient (Wildman–Crippen LogP) is 3.02. The second-order valence-electron chi connectivity index (χ2n) is 5.93. The number of carbonyl (C=O) groups excluding carboxylic acids is 1. The number of carbonyl (C=O) groups is 1. The summed E-state index contributed by atoms with van der Waals surface area (Å²) in [5.41, 5.74) is 0.722. The van der Waals surface area contributed by atoms with Crippen LogP contribution in [0.1, 0.15) is 33.6 Å². The first-order valence-electron chi connectivity index (χ1n) is 8.82. The highest BCUT2D eigenvalue weighted by atomic mass is 35.5. The van der Waals surface area contributed by atoms with Gasteiger partial charge in [-0.2, -0.15) is 0 Å². The lowest BCUT2D eigenvalue weighted by Gasteiger charge is -2.22. The number of thiazole rings is 1. The summed E-state index contributed by atoms with van der Waals surface area (Å²) in [5.74, 6) is 0.794. The lowest BCUT2D eigenvalue weighted by atomic mass is 10.3. The third-order valence-electron chi connectivity index (χ3n) is 4.35. The fourth-order valence-corrected chi connectivity index (χ4v) is 4.07.